The smallest absolute Gasteiger partial charge is 0.311 e. The van der Waals surface area contributed by atoms with Gasteiger partial charge in [-0.3, -0.25) is 19.2 Å². The van der Waals surface area contributed by atoms with Crippen molar-refractivity contribution >= 4 is 23.5 Å². The van der Waals surface area contributed by atoms with Gasteiger partial charge in [0.2, 0.25) is 5.79 Å². The highest BCUT2D eigenvalue weighted by Crippen LogP contribution is 2.76. The van der Waals surface area contributed by atoms with Crippen molar-refractivity contribution in [2.24, 2.45) is 39.4 Å². The van der Waals surface area contributed by atoms with E-state index in [-0.39, 0.29) is 47.7 Å². The van der Waals surface area contributed by atoms with Crippen LogP contribution in [-0.4, -0.2) is 41.0 Å². The van der Waals surface area contributed by atoms with Crippen LogP contribution in [0.3, 0.4) is 0 Å². The van der Waals surface area contributed by atoms with Gasteiger partial charge < -0.3 is 14.2 Å². The first-order valence-electron chi connectivity index (χ1n) is 14.9. The van der Waals surface area contributed by atoms with Crippen molar-refractivity contribution in [3.8, 4) is 0 Å². The van der Waals surface area contributed by atoms with E-state index >= 15 is 0 Å². The number of carbonyl (C=O) groups is 4. The molecule has 39 heavy (non-hydrogen) atoms. The number of ketones is 2. The van der Waals surface area contributed by atoms with E-state index in [0.29, 0.717) is 38.5 Å². The monoisotopic (exact) mass is 540 g/mol. The molecule has 0 N–H and O–H groups in total. The zero-order valence-corrected chi connectivity index (χ0v) is 24.8. The zero-order chi connectivity index (χ0) is 28.6. The Bertz CT molecular complexity index is 1230. The molecule has 0 aromatic heterocycles. The van der Waals surface area contributed by atoms with E-state index < -0.39 is 39.2 Å². The SMILES string of the molecule is CC(=O)OC1CC2(OC3(CC(C)C(=O)O3)CC2C)C2(C)CC(=O)C3=C(CCC4C(C)(C)C(=O)CCC34C)C12C. The fraction of sp³-hybridized carbons (Fsp3) is 0.812. The first-order valence-corrected chi connectivity index (χ1v) is 14.9. The van der Waals surface area contributed by atoms with Crippen LogP contribution in [-0.2, 0) is 33.4 Å². The summed E-state index contributed by atoms with van der Waals surface area (Å²) in [4.78, 5) is 52.5. The lowest BCUT2D eigenvalue weighted by atomic mass is 9.42. The van der Waals surface area contributed by atoms with E-state index in [2.05, 4.69) is 27.7 Å². The second-order valence-electron chi connectivity index (χ2n) is 15.0. The quantitative estimate of drug-likeness (QED) is 0.406. The largest absolute Gasteiger partial charge is 0.461 e. The molecule has 2 spiro atoms. The molecule has 214 valence electrons. The minimum atomic E-state index is -1.000. The molecule has 0 amide bonds. The summed E-state index contributed by atoms with van der Waals surface area (Å²) in [5, 5.41) is 0. The van der Waals surface area contributed by atoms with Gasteiger partial charge in [-0.25, -0.2) is 0 Å². The molecule has 4 aliphatic carbocycles. The average molecular weight is 541 g/mol. The summed E-state index contributed by atoms with van der Waals surface area (Å²) in [5.41, 5.74) is -0.993. The van der Waals surface area contributed by atoms with Gasteiger partial charge in [-0.2, -0.15) is 0 Å². The highest BCUT2D eigenvalue weighted by Gasteiger charge is 2.79. The maximum absolute atomic E-state index is 14.5. The maximum atomic E-state index is 14.5. The third-order valence-electron chi connectivity index (χ3n) is 12.8. The first kappa shape index (κ1) is 27.2. The van der Waals surface area contributed by atoms with Crippen LogP contribution in [0.5, 0.6) is 0 Å². The van der Waals surface area contributed by atoms with Gasteiger partial charge in [-0.15, -0.1) is 0 Å². The number of hydrogen-bond acceptors (Lipinski definition) is 7. The van der Waals surface area contributed by atoms with Gasteiger partial charge in [-0.1, -0.05) is 54.0 Å². The van der Waals surface area contributed by atoms with E-state index in [1.807, 2.05) is 20.8 Å². The Morgan fingerprint density at radius 3 is 2.28 bits per heavy atom. The summed E-state index contributed by atoms with van der Waals surface area (Å²) in [6.45, 7) is 16.1. The van der Waals surface area contributed by atoms with Crippen molar-refractivity contribution in [3.63, 3.8) is 0 Å². The Hall–Kier alpha value is -2.02. The van der Waals surface area contributed by atoms with E-state index in [1.54, 1.807) is 0 Å². The highest BCUT2D eigenvalue weighted by molar-refractivity contribution is 6.01. The summed E-state index contributed by atoms with van der Waals surface area (Å²) in [7, 11) is 0. The summed E-state index contributed by atoms with van der Waals surface area (Å²) >= 11 is 0. The molecule has 6 rings (SSSR count). The Balaban J connectivity index is 1.53. The topological polar surface area (TPSA) is 96.0 Å². The summed E-state index contributed by atoms with van der Waals surface area (Å²) in [6.07, 6.45) is 4.00. The Morgan fingerprint density at radius 1 is 0.974 bits per heavy atom. The first-order chi connectivity index (χ1) is 18.0. The number of carbonyl (C=O) groups excluding carboxylic acids is 4. The lowest BCUT2D eigenvalue weighted by Crippen LogP contribution is -2.61. The number of Topliss-reactive ketones (excluding diaryl/α,β-unsaturated/α-hetero) is 2. The minimum absolute atomic E-state index is 0.00593. The lowest BCUT2D eigenvalue weighted by molar-refractivity contribution is -0.254. The standard InChI is InChI=1S/C32H44O7/c1-17-13-31(38-26(17)36)14-18(2)32(39-31)16-24(37-19(3)33)30(8)20-9-10-22-27(4,5)23(35)11-12-28(22,6)25(20)21(34)15-29(30,32)7/h17-18,22,24H,9-16H2,1-8H3. The van der Waals surface area contributed by atoms with Gasteiger partial charge in [-0.05, 0) is 31.1 Å². The van der Waals surface area contributed by atoms with Gasteiger partial charge in [0, 0.05) is 66.3 Å². The van der Waals surface area contributed by atoms with Gasteiger partial charge in [0.25, 0.3) is 0 Å². The molecule has 0 bridgehead atoms. The molecule has 2 saturated carbocycles. The normalized spacial score (nSPS) is 50.2. The molecular weight excluding hydrogens is 496 g/mol. The van der Waals surface area contributed by atoms with Crippen molar-refractivity contribution in [2.45, 2.75) is 124 Å². The van der Waals surface area contributed by atoms with Crippen LogP contribution in [0.25, 0.3) is 0 Å². The van der Waals surface area contributed by atoms with E-state index in [9.17, 15) is 19.2 Å². The maximum Gasteiger partial charge on any atom is 0.311 e. The Kier molecular flexibility index (Phi) is 5.45. The number of allylic oxidation sites excluding steroid dienone is 1. The third-order valence-corrected chi connectivity index (χ3v) is 12.8. The number of ether oxygens (including phenoxy) is 3. The van der Waals surface area contributed by atoms with Crippen LogP contribution in [0.2, 0.25) is 0 Å². The van der Waals surface area contributed by atoms with Crippen LogP contribution in [0.15, 0.2) is 11.1 Å². The van der Waals surface area contributed by atoms with Crippen molar-refractivity contribution in [3.05, 3.63) is 11.1 Å². The molecule has 0 aromatic carbocycles. The molecule has 2 saturated heterocycles. The number of esters is 2. The lowest BCUT2D eigenvalue weighted by Gasteiger charge is -2.61. The van der Waals surface area contributed by atoms with Crippen molar-refractivity contribution < 1.29 is 33.4 Å². The second-order valence-corrected chi connectivity index (χ2v) is 15.0. The fourth-order valence-electron chi connectivity index (χ4n) is 10.8. The van der Waals surface area contributed by atoms with E-state index in [4.69, 9.17) is 14.2 Å². The summed E-state index contributed by atoms with van der Waals surface area (Å²) < 4.78 is 19.1. The predicted octanol–water partition coefficient (Wildman–Crippen LogP) is 5.48. The Morgan fingerprint density at radius 2 is 1.67 bits per heavy atom. The molecule has 9 unspecified atom stereocenters. The van der Waals surface area contributed by atoms with Crippen molar-refractivity contribution in [1.29, 1.82) is 0 Å². The molecule has 9 atom stereocenters. The molecule has 7 nitrogen and oxygen atoms in total. The molecule has 0 radical (unpaired) electrons. The van der Waals surface area contributed by atoms with E-state index in [1.165, 1.54) is 6.92 Å². The molecule has 4 fully saturated rings. The number of fused-ring (bicyclic) bond motifs is 5. The number of rotatable bonds is 1. The Labute approximate surface area is 231 Å². The van der Waals surface area contributed by atoms with Crippen LogP contribution >= 0.6 is 0 Å². The minimum Gasteiger partial charge on any atom is -0.461 e. The third kappa shape index (κ3) is 3.09. The molecule has 2 aliphatic heterocycles. The fourth-order valence-corrected chi connectivity index (χ4v) is 10.8. The molecule has 0 aromatic rings. The van der Waals surface area contributed by atoms with Gasteiger partial charge in [0.05, 0.1) is 11.5 Å². The van der Waals surface area contributed by atoms with Crippen LogP contribution in [0.1, 0.15) is 107 Å². The van der Waals surface area contributed by atoms with Crippen LogP contribution < -0.4 is 0 Å². The predicted molar refractivity (Wildman–Crippen MR) is 142 cm³/mol. The van der Waals surface area contributed by atoms with Gasteiger partial charge in [0.1, 0.15) is 11.9 Å². The van der Waals surface area contributed by atoms with Gasteiger partial charge in [0.15, 0.2) is 5.78 Å². The summed E-state index contributed by atoms with van der Waals surface area (Å²) in [6, 6.07) is 0. The molecule has 2 heterocycles. The average Bonchev–Trinajstić information content (AvgIpc) is 3.32. The second kappa shape index (κ2) is 7.83. The molecule has 7 heteroatoms. The number of hydrogen-bond donors (Lipinski definition) is 0. The van der Waals surface area contributed by atoms with Crippen LogP contribution in [0.4, 0.5) is 0 Å². The van der Waals surface area contributed by atoms with Crippen molar-refractivity contribution in [2.75, 3.05) is 0 Å². The highest BCUT2D eigenvalue weighted by atomic mass is 16.7. The molecule has 6 aliphatic rings. The summed E-state index contributed by atoms with van der Waals surface area (Å²) in [5.74, 6) is -1.32. The zero-order valence-electron chi connectivity index (χ0n) is 24.8. The van der Waals surface area contributed by atoms with Crippen molar-refractivity contribution in [1.82, 2.24) is 0 Å². The van der Waals surface area contributed by atoms with Gasteiger partial charge >= 0.3 is 11.9 Å². The van der Waals surface area contributed by atoms with Crippen LogP contribution in [0, 0.1) is 39.4 Å². The van der Waals surface area contributed by atoms with E-state index in [0.717, 1.165) is 17.6 Å². The molecular formula is C32H44O7.